The van der Waals surface area contributed by atoms with Gasteiger partial charge in [-0.2, -0.15) is 0 Å². The standard InChI is InChI=1S/C23H26F2N2O3/c1-4-16(22(28)27-9-7-23(24,25)8-10-27)6-5-15(2)17-11-18-12-19(14-26)30-21(18)20(13-17)29-3/h4-6,11-13H,2,7-10,14,26H2,1,3H3/b6-5-,16-4+. The van der Waals surface area contributed by atoms with Crippen LogP contribution in [-0.4, -0.2) is 36.9 Å². The molecule has 1 fully saturated rings. The van der Waals surface area contributed by atoms with Gasteiger partial charge in [-0.3, -0.25) is 4.79 Å². The highest BCUT2D eigenvalue weighted by molar-refractivity contribution is 5.97. The van der Waals surface area contributed by atoms with Gasteiger partial charge in [-0.15, -0.1) is 0 Å². The second-order valence-corrected chi connectivity index (χ2v) is 7.26. The smallest absolute Gasteiger partial charge is 0.253 e. The molecule has 2 heterocycles. The number of allylic oxidation sites excluding steroid dienone is 3. The summed E-state index contributed by atoms with van der Waals surface area (Å²) >= 11 is 0. The van der Waals surface area contributed by atoms with Crippen molar-refractivity contribution in [2.45, 2.75) is 32.2 Å². The van der Waals surface area contributed by atoms with E-state index >= 15 is 0 Å². The van der Waals surface area contributed by atoms with E-state index in [9.17, 15) is 13.6 Å². The van der Waals surface area contributed by atoms with Crippen LogP contribution in [0, 0.1) is 0 Å². The molecule has 1 amide bonds. The van der Waals surface area contributed by atoms with Gasteiger partial charge in [-0.05, 0) is 42.3 Å². The minimum Gasteiger partial charge on any atom is -0.493 e. The number of furan rings is 1. The van der Waals surface area contributed by atoms with Crippen molar-refractivity contribution in [1.82, 2.24) is 4.90 Å². The first-order valence-electron chi connectivity index (χ1n) is 9.79. The third kappa shape index (κ3) is 4.62. The van der Waals surface area contributed by atoms with E-state index < -0.39 is 5.92 Å². The van der Waals surface area contributed by atoms with Crippen LogP contribution < -0.4 is 10.5 Å². The van der Waals surface area contributed by atoms with Crippen molar-refractivity contribution in [1.29, 1.82) is 0 Å². The summed E-state index contributed by atoms with van der Waals surface area (Å²) in [6.45, 7) is 6.21. The Bertz CT molecular complexity index is 1010. The number of nitrogens with zero attached hydrogens (tertiary/aromatic N) is 1. The summed E-state index contributed by atoms with van der Waals surface area (Å²) in [7, 11) is 1.56. The lowest BCUT2D eigenvalue weighted by atomic mass is 10.0. The van der Waals surface area contributed by atoms with Crippen molar-refractivity contribution in [3.05, 3.63) is 59.9 Å². The number of likely N-dealkylation sites (tertiary alicyclic amines) is 1. The molecular formula is C23H26F2N2O3. The fourth-order valence-corrected chi connectivity index (χ4v) is 3.41. The van der Waals surface area contributed by atoms with Gasteiger partial charge in [0.25, 0.3) is 11.8 Å². The van der Waals surface area contributed by atoms with Crippen LogP contribution in [0.1, 0.15) is 31.1 Å². The summed E-state index contributed by atoms with van der Waals surface area (Å²) in [5, 5.41) is 0.843. The highest BCUT2D eigenvalue weighted by Crippen LogP contribution is 2.33. The largest absolute Gasteiger partial charge is 0.493 e. The Hall–Kier alpha value is -2.93. The first-order chi connectivity index (χ1) is 14.3. The van der Waals surface area contributed by atoms with Crippen molar-refractivity contribution in [3.63, 3.8) is 0 Å². The zero-order valence-electron chi connectivity index (χ0n) is 17.2. The number of benzene rings is 1. The topological polar surface area (TPSA) is 68.7 Å². The van der Waals surface area contributed by atoms with Crippen molar-refractivity contribution in [2.24, 2.45) is 5.73 Å². The average molecular weight is 416 g/mol. The number of amides is 1. The zero-order chi connectivity index (χ0) is 21.9. The van der Waals surface area contributed by atoms with Crippen LogP contribution in [0.25, 0.3) is 16.5 Å². The lowest BCUT2D eigenvalue weighted by Gasteiger charge is -2.32. The molecule has 1 aromatic heterocycles. The van der Waals surface area contributed by atoms with E-state index in [1.165, 1.54) is 4.90 Å². The molecule has 0 saturated carbocycles. The Balaban J connectivity index is 1.77. The molecule has 0 spiro atoms. The predicted molar refractivity (Wildman–Crippen MR) is 113 cm³/mol. The Kier molecular flexibility index (Phi) is 6.41. The molecule has 1 aromatic carbocycles. The molecule has 2 aromatic rings. The van der Waals surface area contributed by atoms with Crippen LogP contribution in [0.5, 0.6) is 5.75 Å². The zero-order valence-corrected chi connectivity index (χ0v) is 17.2. The number of carbonyl (C=O) groups excluding carboxylic acids is 1. The summed E-state index contributed by atoms with van der Waals surface area (Å²) in [4.78, 5) is 14.2. The highest BCUT2D eigenvalue weighted by Gasteiger charge is 2.35. The Morgan fingerprint density at radius 3 is 2.60 bits per heavy atom. The van der Waals surface area contributed by atoms with Crippen molar-refractivity contribution in [3.8, 4) is 5.75 Å². The molecule has 0 aliphatic carbocycles. The van der Waals surface area contributed by atoms with E-state index in [0.717, 1.165) is 10.9 Å². The number of piperidine rings is 1. The van der Waals surface area contributed by atoms with Gasteiger partial charge in [-0.25, -0.2) is 8.78 Å². The van der Waals surface area contributed by atoms with Crippen LogP contribution in [0.4, 0.5) is 8.78 Å². The van der Waals surface area contributed by atoms with E-state index in [1.807, 2.05) is 18.2 Å². The second kappa shape index (κ2) is 8.83. The fraction of sp³-hybridized carbons (Fsp3) is 0.348. The van der Waals surface area contributed by atoms with Crippen LogP contribution in [0.3, 0.4) is 0 Å². The molecule has 7 heteroatoms. The van der Waals surface area contributed by atoms with Crippen LogP contribution >= 0.6 is 0 Å². The second-order valence-electron chi connectivity index (χ2n) is 7.26. The molecule has 1 aliphatic heterocycles. The monoisotopic (exact) mass is 416 g/mol. The van der Waals surface area contributed by atoms with Gasteiger partial charge in [0.05, 0.1) is 13.7 Å². The van der Waals surface area contributed by atoms with Gasteiger partial charge in [0.2, 0.25) is 0 Å². The molecule has 0 unspecified atom stereocenters. The van der Waals surface area contributed by atoms with E-state index in [-0.39, 0.29) is 38.4 Å². The Morgan fingerprint density at radius 2 is 2.00 bits per heavy atom. The molecular weight excluding hydrogens is 390 g/mol. The molecule has 5 nitrogen and oxygen atoms in total. The number of halogens is 2. The number of hydrogen-bond acceptors (Lipinski definition) is 4. The van der Waals surface area contributed by atoms with Gasteiger partial charge in [0.15, 0.2) is 11.3 Å². The van der Waals surface area contributed by atoms with Gasteiger partial charge in [0.1, 0.15) is 5.76 Å². The van der Waals surface area contributed by atoms with E-state index in [4.69, 9.17) is 14.9 Å². The first-order valence-corrected chi connectivity index (χ1v) is 9.79. The molecule has 0 bridgehead atoms. The molecule has 0 radical (unpaired) electrons. The maximum atomic E-state index is 13.4. The molecule has 160 valence electrons. The maximum absolute atomic E-state index is 13.4. The summed E-state index contributed by atoms with van der Waals surface area (Å²) in [5.74, 6) is -1.73. The van der Waals surface area contributed by atoms with E-state index in [0.29, 0.717) is 28.2 Å². The Labute approximate surface area is 174 Å². The van der Waals surface area contributed by atoms with Gasteiger partial charge < -0.3 is 19.8 Å². The lowest BCUT2D eigenvalue weighted by molar-refractivity contribution is -0.132. The lowest BCUT2D eigenvalue weighted by Crippen LogP contribution is -2.43. The van der Waals surface area contributed by atoms with Crippen molar-refractivity contribution < 1.29 is 22.7 Å². The molecule has 1 saturated heterocycles. The van der Waals surface area contributed by atoms with Gasteiger partial charge in [-0.1, -0.05) is 18.7 Å². The molecule has 30 heavy (non-hydrogen) atoms. The quantitative estimate of drug-likeness (QED) is 0.549. The SMILES string of the molecule is C=C(/C=C\C(=C/C)C(=O)N1CCC(F)(F)CC1)c1cc(OC)c2oc(CN)cc2c1. The maximum Gasteiger partial charge on any atom is 0.253 e. The minimum absolute atomic E-state index is 0.0514. The van der Waals surface area contributed by atoms with Crippen LogP contribution in [-0.2, 0) is 11.3 Å². The van der Waals surface area contributed by atoms with Crippen LogP contribution in [0.15, 0.2) is 53.0 Å². The number of rotatable bonds is 6. The number of methoxy groups -OCH3 is 1. The summed E-state index contributed by atoms with van der Waals surface area (Å²) in [6, 6.07) is 5.57. The minimum atomic E-state index is -2.69. The number of hydrogen-bond donors (Lipinski definition) is 1. The fourth-order valence-electron chi connectivity index (χ4n) is 3.41. The van der Waals surface area contributed by atoms with Gasteiger partial charge >= 0.3 is 0 Å². The summed E-state index contributed by atoms with van der Waals surface area (Å²) in [6.07, 6.45) is 4.46. The predicted octanol–water partition coefficient (Wildman–Crippen LogP) is 4.67. The molecule has 3 rings (SSSR count). The van der Waals surface area contributed by atoms with Crippen molar-refractivity contribution in [2.75, 3.05) is 20.2 Å². The van der Waals surface area contributed by atoms with Crippen LogP contribution in [0.2, 0.25) is 0 Å². The third-order valence-corrected chi connectivity index (χ3v) is 5.23. The van der Waals surface area contributed by atoms with Gasteiger partial charge in [0, 0.05) is 36.9 Å². The molecule has 1 aliphatic rings. The van der Waals surface area contributed by atoms with E-state index in [2.05, 4.69) is 6.58 Å². The summed E-state index contributed by atoms with van der Waals surface area (Å²) in [5.41, 5.74) is 8.18. The number of fused-ring (bicyclic) bond motifs is 1. The number of nitrogens with two attached hydrogens (primary N) is 1. The first kappa shape index (κ1) is 21.8. The third-order valence-electron chi connectivity index (χ3n) is 5.23. The van der Waals surface area contributed by atoms with Crippen molar-refractivity contribution >= 4 is 22.4 Å². The number of carbonyl (C=O) groups is 1. The average Bonchev–Trinajstić information content (AvgIpc) is 3.16. The molecule has 2 N–H and O–H groups in total. The summed E-state index contributed by atoms with van der Waals surface area (Å²) < 4.78 is 37.8. The Morgan fingerprint density at radius 1 is 1.30 bits per heavy atom. The number of ether oxygens (including phenoxy) is 1. The normalized spacial score (nSPS) is 17.0. The number of alkyl halides is 2. The van der Waals surface area contributed by atoms with E-state index in [1.54, 1.807) is 32.3 Å². The highest BCUT2D eigenvalue weighted by atomic mass is 19.3. The molecule has 0 atom stereocenters.